The minimum absolute atomic E-state index is 0.0360. The van der Waals surface area contributed by atoms with Crippen LogP contribution in [0.25, 0.3) is 0 Å². The van der Waals surface area contributed by atoms with E-state index in [1.165, 1.54) is 42.7 Å². The maximum Gasteiger partial charge on any atom is 0.303 e. The molecule has 0 amide bonds. The second-order valence-electron chi connectivity index (χ2n) is 12.4. The first-order valence-corrected chi connectivity index (χ1v) is 13.5. The molecule has 1 heterocycles. The van der Waals surface area contributed by atoms with Crippen molar-refractivity contribution >= 4 is 22.4 Å². The van der Waals surface area contributed by atoms with Crippen LogP contribution in [0.5, 0.6) is 0 Å². The zero-order chi connectivity index (χ0) is 23.1. The van der Waals surface area contributed by atoms with Crippen LogP contribution in [0.1, 0.15) is 90.1 Å². The van der Waals surface area contributed by atoms with Crippen molar-refractivity contribution in [3.63, 3.8) is 0 Å². The lowest BCUT2D eigenvalue weighted by atomic mass is 9.45. The van der Waals surface area contributed by atoms with Crippen molar-refractivity contribution in [3.05, 3.63) is 22.2 Å². The normalized spacial score (nSPS) is 40.5. The van der Waals surface area contributed by atoms with Gasteiger partial charge in [-0.25, -0.2) is 4.98 Å². The summed E-state index contributed by atoms with van der Waals surface area (Å²) in [6.07, 6.45) is 11.2. The van der Waals surface area contributed by atoms with Crippen LogP contribution in [-0.4, -0.2) is 16.1 Å². The molecular weight excluding hydrogens is 416 g/mol. The minimum Gasteiger partial charge on any atom is -0.481 e. The Morgan fingerprint density at radius 2 is 2.00 bits per heavy atom. The molecule has 0 saturated heterocycles. The third kappa shape index (κ3) is 3.05. The van der Waals surface area contributed by atoms with Crippen LogP contribution in [0.15, 0.2) is 11.6 Å². The van der Waals surface area contributed by atoms with Crippen molar-refractivity contribution in [1.29, 1.82) is 0 Å². The lowest BCUT2D eigenvalue weighted by Gasteiger charge is -2.60. The lowest BCUT2D eigenvalue weighted by Crippen LogP contribution is -2.53. The zero-order valence-electron chi connectivity index (χ0n) is 20.4. The van der Waals surface area contributed by atoms with Gasteiger partial charge in [-0.15, -0.1) is 11.3 Å². The van der Waals surface area contributed by atoms with Crippen molar-refractivity contribution in [3.8, 4) is 0 Å². The van der Waals surface area contributed by atoms with E-state index < -0.39 is 5.97 Å². The van der Waals surface area contributed by atoms with Crippen LogP contribution in [0, 0.1) is 40.4 Å². The number of aliphatic carboxylic acids is 1. The Labute approximate surface area is 197 Å². The Hall–Kier alpha value is -1.36. The third-order valence-corrected chi connectivity index (χ3v) is 11.4. The highest BCUT2D eigenvalue weighted by Gasteiger charge is 2.61. The van der Waals surface area contributed by atoms with Gasteiger partial charge < -0.3 is 10.8 Å². The van der Waals surface area contributed by atoms with E-state index >= 15 is 0 Å². The second kappa shape index (κ2) is 7.32. The van der Waals surface area contributed by atoms with Gasteiger partial charge in [0.2, 0.25) is 0 Å². The first-order valence-electron chi connectivity index (χ1n) is 12.7. The molecular formula is C27H40N2O2S. The van der Waals surface area contributed by atoms with Gasteiger partial charge in [0.25, 0.3) is 0 Å². The molecule has 176 valence electrons. The summed E-state index contributed by atoms with van der Waals surface area (Å²) < 4.78 is 0. The number of carboxylic acid groups (broad SMARTS) is 1. The van der Waals surface area contributed by atoms with Gasteiger partial charge in [0.15, 0.2) is 5.13 Å². The highest BCUT2D eigenvalue weighted by Crippen LogP contribution is 2.68. The molecule has 4 aliphatic rings. The Morgan fingerprint density at radius 3 is 2.72 bits per heavy atom. The number of aromatic nitrogens is 1. The average Bonchev–Trinajstić information content (AvgIpc) is 3.25. The molecule has 4 aliphatic carbocycles. The smallest absolute Gasteiger partial charge is 0.303 e. The van der Waals surface area contributed by atoms with Crippen molar-refractivity contribution in [2.45, 2.75) is 91.4 Å². The third-order valence-electron chi connectivity index (χ3n) is 10.5. The van der Waals surface area contributed by atoms with Crippen LogP contribution in [0.3, 0.4) is 0 Å². The monoisotopic (exact) mass is 456 g/mol. The molecule has 4 nitrogen and oxygen atoms in total. The van der Waals surface area contributed by atoms with Crippen molar-refractivity contribution in [2.75, 3.05) is 5.73 Å². The molecule has 0 aromatic carbocycles. The molecule has 32 heavy (non-hydrogen) atoms. The SMILES string of the molecule is C[C@H](CCC(=O)O)[C@H]1CC[C@H]2[C@@H]3CC=C4C(C)(C)c5nc(N)sc5C[C@]4(C)[C@H]3CC[C@]12C. The lowest BCUT2D eigenvalue weighted by molar-refractivity contribution is -0.137. The highest BCUT2D eigenvalue weighted by atomic mass is 32.1. The van der Waals surface area contributed by atoms with Gasteiger partial charge in [-0.05, 0) is 85.4 Å². The first kappa shape index (κ1) is 22.4. The topological polar surface area (TPSA) is 76.2 Å². The summed E-state index contributed by atoms with van der Waals surface area (Å²) in [6.45, 7) is 12.1. The summed E-state index contributed by atoms with van der Waals surface area (Å²) in [7, 11) is 0. The van der Waals surface area contributed by atoms with Gasteiger partial charge >= 0.3 is 5.97 Å². The van der Waals surface area contributed by atoms with E-state index in [4.69, 9.17) is 10.7 Å². The van der Waals surface area contributed by atoms with Crippen LogP contribution in [0.4, 0.5) is 5.13 Å². The number of thiazole rings is 1. The van der Waals surface area contributed by atoms with Crippen LogP contribution < -0.4 is 5.73 Å². The van der Waals surface area contributed by atoms with E-state index in [9.17, 15) is 9.90 Å². The van der Waals surface area contributed by atoms with Crippen LogP contribution >= 0.6 is 11.3 Å². The van der Waals surface area contributed by atoms with Gasteiger partial charge in [0, 0.05) is 16.7 Å². The van der Waals surface area contributed by atoms with E-state index in [0.717, 1.165) is 30.6 Å². The molecule has 2 fully saturated rings. The van der Waals surface area contributed by atoms with Gasteiger partial charge in [-0.3, -0.25) is 4.79 Å². The molecule has 1 aromatic heterocycles. The average molecular weight is 457 g/mol. The Balaban J connectivity index is 1.45. The van der Waals surface area contributed by atoms with E-state index in [1.807, 2.05) is 0 Å². The number of carbonyl (C=O) groups is 1. The summed E-state index contributed by atoms with van der Waals surface area (Å²) in [6, 6.07) is 0. The molecule has 0 radical (unpaired) electrons. The number of allylic oxidation sites excluding steroid dienone is 2. The molecule has 0 bridgehead atoms. The summed E-state index contributed by atoms with van der Waals surface area (Å²) in [5, 5.41) is 9.91. The van der Waals surface area contributed by atoms with Crippen molar-refractivity contribution in [2.24, 2.45) is 40.4 Å². The fraction of sp³-hybridized carbons (Fsp3) is 0.778. The Morgan fingerprint density at radius 1 is 1.25 bits per heavy atom. The Bertz CT molecular complexity index is 965. The largest absolute Gasteiger partial charge is 0.481 e. The van der Waals surface area contributed by atoms with Crippen molar-refractivity contribution < 1.29 is 9.90 Å². The molecule has 5 heteroatoms. The Kier molecular flexibility index (Phi) is 5.13. The number of nitrogens with two attached hydrogens (primary N) is 1. The number of fused-ring (bicyclic) bond motifs is 6. The number of anilines is 1. The zero-order valence-corrected chi connectivity index (χ0v) is 21.2. The molecule has 0 aliphatic heterocycles. The fourth-order valence-corrected chi connectivity index (χ4v) is 10.4. The fourth-order valence-electron chi connectivity index (χ4n) is 9.26. The summed E-state index contributed by atoms with van der Waals surface area (Å²) in [5.41, 5.74) is 9.53. The number of hydrogen-bond donors (Lipinski definition) is 2. The van der Waals surface area contributed by atoms with E-state index in [1.54, 1.807) is 16.9 Å². The molecule has 2 saturated carbocycles. The standard InChI is InChI=1S/C27H40N2O2S/c1-15(6-11-22(30)31)17-8-9-18-16-7-10-21-25(2,3)23-20(32-24(28)29-23)14-27(21,5)19(16)12-13-26(17,18)4/h10,15-19H,6-9,11-14H2,1-5H3,(H2,28,29)(H,30,31)/t15-,16+,17-,18+,19+,26-,27-/m1/s1. The summed E-state index contributed by atoms with van der Waals surface area (Å²) in [4.78, 5) is 17.3. The summed E-state index contributed by atoms with van der Waals surface area (Å²) in [5.74, 6) is 2.76. The maximum atomic E-state index is 11.2. The summed E-state index contributed by atoms with van der Waals surface area (Å²) >= 11 is 1.71. The molecule has 5 rings (SSSR count). The number of carboxylic acids is 1. The van der Waals surface area contributed by atoms with Gasteiger partial charge in [-0.1, -0.05) is 46.3 Å². The molecule has 1 aromatic rings. The number of hydrogen-bond acceptors (Lipinski definition) is 4. The second-order valence-corrected chi connectivity index (χ2v) is 13.5. The van der Waals surface area contributed by atoms with Gasteiger partial charge in [0.05, 0.1) is 5.69 Å². The number of nitrogen functional groups attached to an aromatic ring is 1. The van der Waals surface area contributed by atoms with Crippen LogP contribution in [0.2, 0.25) is 0 Å². The van der Waals surface area contributed by atoms with E-state index in [2.05, 4.69) is 40.7 Å². The van der Waals surface area contributed by atoms with Crippen molar-refractivity contribution in [1.82, 2.24) is 4.98 Å². The van der Waals surface area contributed by atoms with Crippen LogP contribution in [-0.2, 0) is 16.6 Å². The van der Waals surface area contributed by atoms with Gasteiger partial charge in [-0.2, -0.15) is 0 Å². The maximum absolute atomic E-state index is 11.2. The molecule has 3 N–H and O–H groups in total. The number of nitrogens with zero attached hydrogens (tertiary/aromatic N) is 1. The quantitative estimate of drug-likeness (QED) is 0.510. The number of rotatable bonds is 4. The predicted molar refractivity (Wildman–Crippen MR) is 131 cm³/mol. The highest BCUT2D eigenvalue weighted by molar-refractivity contribution is 7.15. The first-order chi connectivity index (χ1) is 15.0. The molecule has 0 unspecified atom stereocenters. The van der Waals surface area contributed by atoms with Gasteiger partial charge in [0.1, 0.15) is 0 Å². The van der Waals surface area contributed by atoms with E-state index in [-0.39, 0.29) is 10.8 Å². The van der Waals surface area contributed by atoms with E-state index in [0.29, 0.717) is 28.8 Å². The minimum atomic E-state index is -0.652. The predicted octanol–water partition coefficient (Wildman–Crippen LogP) is 6.46. The molecule has 0 spiro atoms. The molecule has 7 atom stereocenters.